The van der Waals surface area contributed by atoms with Gasteiger partial charge in [0, 0.05) is 30.6 Å². The predicted molar refractivity (Wildman–Crippen MR) is 121 cm³/mol. The summed E-state index contributed by atoms with van der Waals surface area (Å²) < 4.78 is 8.16. The van der Waals surface area contributed by atoms with Gasteiger partial charge in [-0.3, -0.25) is 0 Å². The molecule has 0 N–H and O–H groups in total. The van der Waals surface area contributed by atoms with E-state index in [2.05, 4.69) is 71.3 Å². The molecule has 5 rings (SSSR count). The summed E-state index contributed by atoms with van der Waals surface area (Å²) in [6.45, 7) is 4.88. The van der Waals surface area contributed by atoms with E-state index < -0.39 is 0 Å². The smallest absolute Gasteiger partial charge is 0.129 e. The Morgan fingerprint density at radius 1 is 0.767 bits per heavy atom. The van der Waals surface area contributed by atoms with Crippen LogP contribution in [0.1, 0.15) is 11.4 Å². The van der Waals surface area contributed by atoms with Crippen molar-refractivity contribution in [2.75, 3.05) is 23.5 Å². The Morgan fingerprint density at radius 2 is 1.43 bits per heavy atom. The molecule has 2 heterocycles. The van der Waals surface area contributed by atoms with Gasteiger partial charge in [0.15, 0.2) is 0 Å². The lowest BCUT2D eigenvalue weighted by molar-refractivity contribution is 0.482. The third-order valence-electron chi connectivity index (χ3n) is 5.37. The van der Waals surface area contributed by atoms with Crippen molar-refractivity contribution in [3.8, 4) is 17.2 Å². The van der Waals surface area contributed by atoms with Crippen LogP contribution in [-0.4, -0.2) is 23.5 Å². The number of hydrogen-bond donors (Lipinski definition) is 0. The molecule has 0 radical (unpaired) electrons. The Kier molecular flexibility index (Phi) is 4.43. The van der Waals surface area contributed by atoms with Crippen LogP contribution in [0.4, 0.5) is 17.1 Å². The summed E-state index contributed by atoms with van der Waals surface area (Å²) in [6, 6.07) is 26.8. The van der Waals surface area contributed by atoms with Crippen LogP contribution in [0.25, 0.3) is 5.69 Å². The third-order valence-corrected chi connectivity index (χ3v) is 5.37. The maximum Gasteiger partial charge on any atom is 0.129 e. The fourth-order valence-corrected chi connectivity index (χ4v) is 4.02. The van der Waals surface area contributed by atoms with E-state index >= 15 is 0 Å². The predicted octanol–water partition coefficient (Wildman–Crippen LogP) is 5.83. The van der Waals surface area contributed by atoms with Gasteiger partial charge in [-0.25, -0.2) is 4.68 Å². The Bertz CT molecular complexity index is 1210. The Labute approximate surface area is 176 Å². The normalized spacial score (nSPS) is 12.9. The van der Waals surface area contributed by atoms with E-state index in [1.54, 1.807) is 0 Å². The van der Waals surface area contributed by atoms with Crippen LogP contribution in [0.2, 0.25) is 0 Å². The van der Waals surface area contributed by atoms with Gasteiger partial charge >= 0.3 is 0 Å². The Morgan fingerprint density at radius 3 is 2.13 bits per heavy atom. The maximum absolute atomic E-state index is 6.22. The van der Waals surface area contributed by atoms with Crippen molar-refractivity contribution >= 4 is 17.1 Å². The summed E-state index contributed by atoms with van der Waals surface area (Å²) in [5.74, 6) is 1.60. The molecular weight excluding hydrogens is 372 g/mol. The maximum atomic E-state index is 6.22. The van der Waals surface area contributed by atoms with Crippen molar-refractivity contribution < 1.29 is 4.74 Å². The molecule has 0 atom stereocenters. The Hall–Kier alpha value is -3.73. The number of ether oxygens (including phenoxy) is 1. The first-order valence-electron chi connectivity index (χ1n) is 10.1. The number of para-hydroxylation sites is 2. The minimum atomic E-state index is 0.788. The summed E-state index contributed by atoms with van der Waals surface area (Å²) in [6.07, 6.45) is 0. The first-order chi connectivity index (χ1) is 14.6. The number of anilines is 3. The van der Waals surface area contributed by atoms with Crippen LogP contribution in [-0.2, 0) is 0 Å². The first kappa shape index (κ1) is 18.3. The molecule has 0 bridgehead atoms. The molecule has 0 spiro atoms. The van der Waals surface area contributed by atoms with Gasteiger partial charge < -0.3 is 14.5 Å². The quantitative estimate of drug-likeness (QED) is 0.435. The molecule has 0 saturated heterocycles. The summed E-state index contributed by atoms with van der Waals surface area (Å²) in [4.78, 5) is 4.55. The molecule has 5 nitrogen and oxygen atoms in total. The van der Waals surface area contributed by atoms with Crippen LogP contribution in [0.3, 0.4) is 0 Å². The average molecular weight is 396 g/mol. The average Bonchev–Trinajstić information content (AvgIpc) is 3.27. The van der Waals surface area contributed by atoms with Gasteiger partial charge in [0.25, 0.3) is 0 Å². The molecule has 150 valence electrons. The molecule has 30 heavy (non-hydrogen) atoms. The highest BCUT2D eigenvalue weighted by molar-refractivity contribution is 5.82. The highest BCUT2D eigenvalue weighted by Gasteiger charge is 2.24. The summed E-state index contributed by atoms with van der Waals surface area (Å²) in [5, 5.41) is 4.57. The summed E-state index contributed by atoms with van der Waals surface area (Å²) in [7, 11) is 2.11. The van der Waals surface area contributed by atoms with Crippen molar-refractivity contribution in [2.24, 2.45) is 0 Å². The van der Waals surface area contributed by atoms with Crippen molar-refractivity contribution in [1.29, 1.82) is 0 Å². The minimum Gasteiger partial charge on any atom is -0.457 e. The number of nitrogens with zero attached hydrogens (tertiary/aromatic N) is 4. The summed E-state index contributed by atoms with van der Waals surface area (Å²) >= 11 is 0. The fourth-order valence-electron chi connectivity index (χ4n) is 4.02. The molecule has 3 aromatic carbocycles. The summed E-state index contributed by atoms with van der Waals surface area (Å²) in [5.41, 5.74) is 6.65. The van der Waals surface area contributed by atoms with Crippen molar-refractivity contribution in [3.63, 3.8) is 0 Å². The van der Waals surface area contributed by atoms with Crippen LogP contribution >= 0.6 is 0 Å². The standard InChI is InChI=1S/C25H24N4O/c1-18-14-19(2)29(26-18)21-9-7-11-23(16-21)30-22-10-6-8-20(15-22)28-17-27(3)24-12-4-5-13-25(24)28/h4-16H,17H2,1-3H3. The molecule has 1 aromatic heterocycles. The van der Waals surface area contributed by atoms with Crippen LogP contribution in [0.15, 0.2) is 78.9 Å². The molecular formula is C25H24N4O. The zero-order valence-electron chi connectivity index (χ0n) is 17.4. The zero-order chi connectivity index (χ0) is 20.7. The lowest BCUT2D eigenvalue weighted by Gasteiger charge is -2.20. The molecule has 1 aliphatic heterocycles. The third kappa shape index (κ3) is 3.28. The lowest BCUT2D eigenvalue weighted by Crippen LogP contribution is -2.23. The monoisotopic (exact) mass is 396 g/mol. The highest BCUT2D eigenvalue weighted by Crippen LogP contribution is 2.40. The topological polar surface area (TPSA) is 33.5 Å². The number of fused-ring (bicyclic) bond motifs is 1. The Balaban J connectivity index is 1.42. The number of aryl methyl sites for hydroxylation is 2. The lowest BCUT2D eigenvalue weighted by atomic mass is 10.2. The second kappa shape index (κ2) is 7.26. The van der Waals surface area contributed by atoms with E-state index in [0.29, 0.717) is 0 Å². The van der Waals surface area contributed by atoms with Crippen molar-refractivity contribution in [1.82, 2.24) is 9.78 Å². The number of aromatic nitrogens is 2. The first-order valence-corrected chi connectivity index (χ1v) is 10.1. The molecule has 4 aromatic rings. The van der Waals surface area contributed by atoms with Gasteiger partial charge in [-0.1, -0.05) is 24.3 Å². The number of hydrogen-bond acceptors (Lipinski definition) is 4. The van der Waals surface area contributed by atoms with Crippen LogP contribution in [0.5, 0.6) is 11.5 Å². The van der Waals surface area contributed by atoms with Gasteiger partial charge in [-0.05, 0) is 56.3 Å². The molecule has 1 aliphatic rings. The second-order valence-corrected chi connectivity index (χ2v) is 7.69. The van der Waals surface area contributed by atoms with Gasteiger partial charge in [0.1, 0.15) is 11.5 Å². The molecule has 5 heteroatoms. The number of benzene rings is 3. The van der Waals surface area contributed by atoms with Crippen LogP contribution in [0, 0.1) is 13.8 Å². The number of rotatable bonds is 4. The van der Waals surface area contributed by atoms with E-state index in [9.17, 15) is 0 Å². The molecule has 0 unspecified atom stereocenters. The second-order valence-electron chi connectivity index (χ2n) is 7.69. The van der Waals surface area contributed by atoms with Gasteiger partial charge in [-0.15, -0.1) is 0 Å². The van der Waals surface area contributed by atoms with E-state index in [0.717, 1.165) is 40.9 Å². The SMILES string of the molecule is Cc1cc(C)n(-c2cccc(Oc3cccc(N4CN(C)c5ccccc54)c3)c2)n1. The minimum absolute atomic E-state index is 0.788. The largest absolute Gasteiger partial charge is 0.457 e. The van der Waals surface area contributed by atoms with Crippen molar-refractivity contribution in [2.45, 2.75) is 13.8 Å². The molecule has 0 aliphatic carbocycles. The van der Waals surface area contributed by atoms with Crippen LogP contribution < -0.4 is 14.5 Å². The van der Waals surface area contributed by atoms with Gasteiger partial charge in [0.05, 0.1) is 29.4 Å². The van der Waals surface area contributed by atoms with Gasteiger partial charge in [-0.2, -0.15) is 5.10 Å². The molecule has 0 saturated carbocycles. The van der Waals surface area contributed by atoms with E-state index in [4.69, 9.17) is 4.74 Å². The van der Waals surface area contributed by atoms with E-state index in [1.807, 2.05) is 48.0 Å². The zero-order valence-corrected chi connectivity index (χ0v) is 17.4. The molecule has 0 fully saturated rings. The van der Waals surface area contributed by atoms with Gasteiger partial charge in [0.2, 0.25) is 0 Å². The highest BCUT2D eigenvalue weighted by atomic mass is 16.5. The molecule has 0 amide bonds. The van der Waals surface area contributed by atoms with E-state index in [1.165, 1.54) is 11.4 Å². The van der Waals surface area contributed by atoms with E-state index in [-0.39, 0.29) is 0 Å². The van der Waals surface area contributed by atoms with Crippen molar-refractivity contribution in [3.05, 3.63) is 90.3 Å². The fraction of sp³-hybridized carbons (Fsp3) is 0.160.